The molecule has 1 saturated heterocycles. The predicted molar refractivity (Wildman–Crippen MR) is 85.9 cm³/mol. The SMILES string of the molecule is Cc1ccc(S(N)(=O)=O)c(C(=O)N2C[C@@H]3CCC[C@@]3(C(=O)O)C2)c1. The lowest BCUT2D eigenvalue weighted by Gasteiger charge is -2.23. The van der Waals surface area contributed by atoms with Crippen LogP contribution in [0.3, 0.4) is 0 Å². The molecule has 2 atom stereocenters. The van der Waals surface area contributed by atoms with E-state index in [1.807, 2.05) is 0 Å². The molecule has 130 valence electrons. The van der Waals surface area contributed by atoms with E-state index in [-0.39, 0.29) is 22.9 Å². The Bertz CT molecular complexity index is 820. The number of nitrogens with two attached hydrogens (primary N) is 1. The van der Waals surface area contributed by atoms with Gasteiger partial charge in [-0.2, -0.15) is 0 Å². The fourth-order valence-corrected chi connectivity index (χ4v) is 4.73. The number of sulfonamides is 1. The number of primary sulfonamides is 1. The molecule has 0 radical (unpaired) electrons. The van der Waals surface area contributed by atoms with Crippen molar-refractivity contribution in [3.8, 4) is 0 Å². The second-order valence-corrected chi connectivity index (χ2v) is 8.31. The summed E-state index contributed by atoms with van der Waals surface area (Å²) in [6.45, 7) is 2.20. The Morgan fingerprint density at radius 2 is 2.08 bits per heavy atom. The second kappa shape index (κ2) is 5.56. The molecule has 1 amide bonds. The maximum atomic E-state index is 12.9. The summed E-state index contributed by atoms with van der Waals surface area (Å²) < 4.78 is 23.5. The Hall–Kier alpha value is -1.93. The van der Waals surface area contributed by atoms with Crippen LogP contribution in [0.15, 0.2) is 23.1 Å². The van der Waals surface area contributed by atoms with Crippen molar-refractivity contribution in [3.05, 3.63) is 29.3 Å². The maximum Gasteiger partial charge on any atom is 0.311 e. The molecule has 0 aromatic heterocycles. The number of carboxylic acids is 1. The van der Waals surface area contributed by atoms with Crippen LogP contribution >= 0.6 is 0 Å². The largest absolute Gasteiger partial charge is 0.481 e. The Balaban J connectivity index is 1.97. The second-order valence-electron chi connectivity index (χ2n) is 6.78. The number of hydrogen-bond donors (Lipinski definition) is 2. The van der Waals surface area contributed by atoms with E-state index in [9.17, 15) is 23.1 Å². The topological polar surface area (TPSA) is 118 Å². The molecule has 1 saturated carbocycles. The van der Waals surface area contributed by atoms with Crippen LogP contribution in [0.25, 0.3) is 0 Å². The van der Waals surface area contributed by atoms with Gasteiger partial charge in [-0.15, -0.1) is 0 Å². The molecule has 1 aromatic carbocycles. The zero-order valence-electron chi connectivity index (χ0n) is 13.4. The molecular weight excluding hydrogens is 332 g/mol. The Labute approximate surface area is 140 Å². The standard InChI is InChI=1S/C16H20N2O5S/c1-10-4-5-13(24(17,22)23)12(7-10)14(19)18-8-11-3-2-6-16(11,9-18)15(20)21/h4-5,7,11H,2-3,6,8-9H2,1H3,(H,20,21)(H2,17,22,23)/t11-,16+/m0/s1. The zero-order chi connectivity index (χ0) is 17.7. The number of aryl methyl sites for hydroxylation is 1. The summed E-state index contributed by atoms with van der Waals surface area (Å²) in [6, 6.07) is 4.39. The highest BCUT2D eigenvalue weighted by atomic mass is 32.2. The smallest absolute Gasteiger partial charge is 0.311 e. The number of carbonyl (C=O) groups excluding carboxylic acids is 1. The number of carbonyl (C=O) groups is 2. The highest BCUT2D eigenvalue weighted by Gasteiger charge is 2.56. The summed E-state index contributed by atoms with van der Waals surface area (Å²) in [4.78, 5) is 25.8. The number of amides is 1. The molecule has 0 spiro atoms. The molecule has 24 heavy (non-hydrogen) atoms. The minimum Gasteiger partial charge on any atom is -0.481 e. The normalized spacial score (nSPS) is 26.4. The molecule has 0 unspecified atom stereocenters. The zero-order valence-corrected chi connectivity index (χ0v) is 14.2. The lowest BCUT2D eigenvalue weighted by atomic mass is 9.81. The van der Waals surface area contributed by atoms with E-state index in [4.69, 9.17) is 5.14 Å². The van der Waals surface area contributed by atoms with Crippen LogP contribution < -0.4 is 5.14 Å². The van der Waals surface area contributed by atoms with Gasteiger partial charge in [0.2, 0.25) is 10.0 Å². The molecule has 7 nitrogen and oxygen atoms in total. The molecule has 0 bridgehead atoms. The highest BCUT2D eigenvalue weighted by molar-refractivity contribution is 7.89. The maximum absolute atomic E-state index is 12.9. The Morgan fingerprint density at radius 1 is 1.38 bits per heavy atom. The van der Waals surface area contributed by atoms with Crippen molar-refractivity contribution in [3.63, 3.8) is 0 Å². The van der Waals surface area contributed by atoms with Gasteiger partial charge in [0.15, 0.2) is 0 Å². The van der Waals surface area contributed by atoms with E-state index in [0.29, 0.717) is 13.0 Å². The van der Waals surface area contributed by atoms with Crippen LogP contribution in [0, 0.1) is 18.3 Å². The Morgan fingerprint density at radius 3 is 2.67 bits per heavy atom. The van der Waals surface area contributed by atoms with Crippen molar-refractivity contribution in [2.24, 2.45) is 16.5 Å². The van der Waals surface area contributed by atoms with Crippen LogP contribution in [-0.2, 0) is 14.8 Å². The van der Waals surface area contributed by atoms with E-state index >= 15 is 0 Å². The number of carboxylic acid groups (broad SMARTS) is 1. The van der Waals surface area contributed by atoms with Crippen molar-refractivity contribution in [1.29, 1.82) is 0 Å². The quantitative estimate of drug-likeness (QED) is 0.840. The van der Waals surface area contributed by atoms with Crippen molar-refractivity contribution >= 4 is 21.9 Å². The summed E-state index contributed by atoms with van der Waals surface area (Å²) in [7, 11) is -4.04. The minimum atomic E-state index is -4.04. The number of aliphatic carboxylic acids is 1. The van der Waals surface area contributed by atoms with E-state index < -0.39 is 27.3 Å². The van der Waals surface area contributed by atoms with Gasteiger partial charge in [-0.25, -0.2) is 13.6 Å². The van der Waals surface area contributed by atoms with Crippen LogP contribution in [-0.4, -0.2) is 43.4 Å². The lowest BCUT2D eigenvalue weighted by molar-refractivity contribution is -0.149. The third-order valence-corrected chi connectivity index (χ3v) is 6.22. The fourth-order valence-electron chi connectivity index (χ4n) is 4.02. The summed E-state index contributed by atoms with van der Waals surface area (Å²) >= 11 is 0. The van der Waals surface area contributed by atoms with Crippen LogP contribution in [0.4, 0.5) is 0 Å². The van der Waals surface area contributed by atoms with Crippen LogP contribution in [0.2, 0.25) is 0 Å². The minimum absolute atomic E-state index is 0.0120. The van der Waals surface area contributed by atoms with Gasteiger partial charge in [0.25, 0.3) is 5.91 Å². The first-order valence-corrected chi connectivity index (χ1v) is 9.36. The van der Waals surface area contributed by atoms with Crippen LogP contribution in [0.1, 0.15) is 35.2 Å². The number of rotatable bonds is 3. The van der Waals surface area contributed by atoms with Gasteiger partial charge in [-0.3, -0.25) is 9.59 Å². The number of likely N-dealkylation sites (tertiary alicyclic amines) is 1. The average Bonchev–Trinajstić information content (AvgIpc) is 3.02. The first kappa shape index (κ1) is 16.9. The van der Waals surface area contributed by atoms with Gasteiger partial charge in [-0.05, 0) is 37.8 Å². The van der Waals surface area contributed by atoms with Gasteiger partial charge in [0, 0.05) is 13.1 Å². The summed E-state index contributed by atoms with van der Waals surface area (Å²) in [5, 5.41) is 14.8. The molecule has 1 aliphatic heterocycles. The molecular formula is C16H20N2O5S. The molecule has 3 N–H and O–H groups in total. The van der Waals surface area contributed by atoms with Crippen LogP contribution in [0.5, 0.6) is 0 Å². The highest BCUT2D eigenvalue weighted by Crippen LogP contribution is 2.49. The number of nitrogens with zero attached hydrogens (tertiary/aromatic N) is 1. The van der Waals surface area contributed by atoms with Gasteiger partial charge in [0.1, 0.15) is 0 Å². The first-order valence-electron chi connectivity index (χ1n) is 7.81. The van der Waals surface area contributed by atoms with E-state index in [0.717, 1.165) is 18.4 Å². The number of fused-ring (bicyclic) bond motifs is 1. The predicted octanol–water partition coefficient (Wildman–Crippen LogP) is 0.969. The molecule has 1 heterocycles. The van der Waals surface area contributed by atoms with Crippen molar-refractivity contribution in [1.82, 2.24) is 4.90 Å². The molecule has 2 aliphatic rings. The molecule has 1 aromatic rings. The van der Waals surface area contributed by atoms with Crippen molar-refractivity contribution in [2.75, 3.05) is 13.1 Å². The Kier molecular flexibility index (Phi) is 3.92. The van der Waals surface area contributed by atoms with E-state index in [2.05, 4.69) is 0 Å². The summed E-state index contributed by atoms with van der Waals surface area (Å²) in [6.07, 6.45) is 2.16. The summed E-state index contributed by atoms with van der Waals surface area (Å²) in [5.41, 5.74) is -0.155. The third-order valence-electron chi connectivity index (χ3n) is 5.26. The number of benzene rings is 1. The van der Waals surface area contributed by atoms with Gasteiger partial charge in [0.05, 0.1) is 15.9 Å². The lowest BCUT2D eigenvalue weighted by Crippen LogP contribution is -2.37. The van der Waals surface area contributed by atoms with Crippen molar-refractivity contribution < 1.29 is 23.1 Å². The third kappa shape index (κ3) is 2.59. The average molecular weight is 352 g/mol. The van der Waals surface area contributed by atoms with Gasteiger partial charge < -0.3 is 10.0 Å². The fraction of sp³-hybridized carbons (Fsp3) is 0.500. The summed E-state index contributed by atoms with van der Waals surface area (Å²) in [5.74, 6) is -1.43. The van der Waals surface area contributed by atoms with Gasteiger partial charge in [-0.1, -0.05) is 18.1 Å². The number of hydrogen-bond acceptors (Lipinski definition) is 4. The molecule has 3 rings (SSSR count). The van der Waals surface area contributed by atoms with E-state index in [1.165, 1.54) is 17.0 Å². The first-order chi connectivity index (χ1) is 11.1. The monoisotopic (exact) mass is 352 g/mol. The van der Waals surface area contributed by atoms with Gasteiger partial charge >= 0.3 is 5.97 Å². The molecule has 1 aliphatic carbocycles. The molecule has 2 fully saturated rings. The van der Waals surface area contributed by atoms with Crippen molar-refractivity contribution in [2.45, 2.75) is 31.1 Å². The van der Waals surface area contributed by atoms with E-state index in [1.54, 1.807) is 13.0 Å². The molecule has 8 heteroatoms.